The zero-order chi connectivity index (χ0) is 15.5. The molecule has 1 aliphatic heterocycles. The lowest BCUT2D eigenvalue weighted by molar-refractivity contribution is -0.120. The second-order valence-corrected chi connectivity index (χ2v) is 5.09. The highest BCUT2D eigenvalue weighted by Crippen LogP contribution is 2.31. The van der Waals surface area contributed by atoms with Gasteiger partial charge in [-0.05, 0) is 23.8 Å². The zero-order valence-electron chi connectivity index (χ0n) is 12.2. The van der Waals surface area contributed by atoms with Crippen molar-refractivity contribution < 1.29 is 14.3 Å². The summed E-state index contributed by atoms with van der Waals surface area (Å²) < 4.78 is 5.35. The van der Waals surface area contributed by atoms with Crippen molar-refractivity contribution >= 4 is 17.5 Å². The largest absolute Gasteiger partial charge is 0.482 e. The van der Waals surface area contributed by atoms with Gasteiger partial charge in [-0.15, -0.1) is 0 Å². The third kappa shape index (κ3) is 2.79. The summed E-state index contributed by atoms with van der Waals surface area (Å²) in [5.74, 6) is 0.300. The number of hydrogen-bond donors (Lipinski definition) is 1. The van der Waals surface area contributed by atoms with Gasteiger partial charge in [0.1, 0.15) is 5.75 Å². The van der Waals surface area contributed by atoms with Crippen LogP contribution in [-0.2, 0) is 11.3 Å². The Kier molecular flexibility index (Phi) is 3.78. The summed E-state index contributed by atoms with van der Waals surface area (Å²) in [7, 11) is 1.68. The van der Waals surface area contributed by atoms with Gasteiger partial charge in [0, 0.05) is 19.2 Å². The van der Waals surface area contributed by atoms with Gasteiger partial charge in [-0.2, -0.15) is 0 Å². The Morgan fingerprint density at radius 2 is 2.00 bits per heavy atom. The molecule has 0 atom stereocenters. The molecule has 2 amide bonds. The summed E-state index contributed by atoms with van der Waals surface area (Å²) in [6.45, 7) is 0.491. The summed E-state index contributed by atoms with van der Waals surface area (Å²) in [4.78, 5) is 25.4. The first-order valence-electron chi connectivity index (χ1n) is 7.00. The minimum Gasteiger partial charge on any atom is -0.482 e. The third-order valence-electron chi connectivity index (χ3n) is 3.60. The van der Waals surface area contributed by atoms with Gasteiger partial charge in [0.25, 0.3) is 11.8 Å². The van der Waals surface area contributed by atoms with Crippen LogP contribution >= 0.6 is 0 Å². The Bertz CT molecular complexity index is 713. The average molecular weight is 296 g/mol. The van der Waals surface area contributed by atoms with E-state index in [2.05, 4.69) is 5.32 Å². The Morgan fingerprint density at radius 1 is 1.23 bits per heavy atom. The minimum absolute atomic E-state index is 0.0308. The van der Waals surface area contributed by atoms with Gasteiger partial charge in [-0.3, -0.25) is 9.59 Å². The van der Waals surface area contributed by atoms with Gasteiger partial charge in [0.2, 0.25) is 0 Å². The fraction of sp³-hybridized carbons (Fsp3) is 0.176. The molecule has 0 saturated carbocycles. The van der Waals surface area contributed by atoms with Gasteiger partial charge >= 0.3 is 0 Å². The maximum atomic E-state index is 12.2. The summed E-state index contributed by atoms with van der Waals surface area (Å²) in [6, 6.07) is 14.8. The first kappa shape index (κ1) is 14.1. The lowest BCUT2D eigenvalue weighted by Crippen LogP contribution is -2.35. The summed E-state index contributed by atoms with van der Waals surface area (Å²) in [5.41, 5.74) is 2.15. The molecule has 0 fully saturated rings. The maximum Gasteiger partial charge on any atom is 0.264 e. The number of carbonyl (C=O) groups excluding carboxylic acids is 2. The quantitative estimate of drug-likeness (QED) is 0.942. The Hall–Kier alpha value is -2.82. The molecule has 0 spiro atoms. The molecular weight excluding hydrogens is 280 g/mol. The number of anilines is 1. The van der Waals surface area contributed by atoms with Crippen molar-refractivity contribution in [3.05, 3.63) is 59.7 Å². The Labute approximate surface area is 128 Å². The molecule has 0 unspecified atom stereocenters. The normalized spacial score (nSPS) is 13.3. The second-order valence-electron chi connectivity index (χ2n) is 5.09. The van der Waals surface area contributed by atoms with Crippen molar-refractivity contribution in [1.29, 1.82) is 0 Å². The van der Waals surface area contributed by atoms with Crippen molar-refractivity contribution in [3.8, 4) is 5.75 Å². The average Bonchev–Trinajstić information content (AvgIpc) is 2.57. The van der Waals surface area contributed by atoms with Crippen LogP contribution in [0.15, 0.2) is 48.5 Å². The second kappa shape index (κ2) is 5.89. The van der Waals surface area contributed by atoms with E-state index in [0.717, 1.165) is 5.56 Å². The fourth-order valence-electron chi connectivity index (χ4n) is 2.29. The SMILES string of the molecule is CN1C(=O)COc2ccc(C(=O)NCc3ccccc3)cc21. The summed E-state index contributed by atoms with van der Waals surface area (Å²) in [6.07, 6.45) is 0. The molecular formula is C17H16N2O3. The fourth-order valence-corrected chi connectivity index (χ4v) is 2.29. The lowest BCUT2D eigenvalue weighted by Gasteiger charge is -2.26. The molecule has 112 valence electrons. The number of rotatable bonds is 3. The van der Waals surface area contributed by atoms with E-state index in [1.54, 1.807) is 25.2 Å². The van der Waals surface area contributed by atoms with Crippen molar-refractivity contribution in [2.45, 2.75) is 6.54 Å². The molecule has 5 heteroatoms. The third-order valence-corrected chi connectivity index (χ3v) is 3.60. The number of ether oxygens (including phenoxy) is 1. The van der Waals surface area contributed by atoms with E-state index < -0.39 is 0 Å². The van der Waals surface area contributed by atoms with E-state index in [4.69, 9.17) is 4.74 Å². The van der Waals surface area contributed by atoms with E-state index in [9.17, 15) is 9.59 Å². The van der Waals surface area contributed by atoms with Crippen LogP contribution in [0.25, 0.3) is 0 Å². The molecule has 1 aliphatic rings. The van der Waals surface area contributed by atoms with Crippen molar-refractivity contribution in [2.24, 2.45) is 0 Å². The van der Waals surface area contributed by atoms with E-state index >= 15 is 0 Å². The van der Waals surface area contributed by atoms with Crippen LogP contribution in [0.2, 0.25) is 0 Å². The number of hydrogen-bond acceptors (Lipinski definition) is 3. The highest BCUT2D eigenvalue weighted by Gasteiger charge is 2.23. The van der Waals surface area contributed by atoms with Gasteiger partial charge in [0.15, 0.2) is 6.61 Å². The Morgan fingerprint density at radius 3 is 2.77 bits per heavy atom. The van der Waals surface area contributed by atoms with Crippen molar-refractivity contribution in [3.63, 3.8) is 0 Å². The lowest BCUT2D eigenvalue weighted by atomic mass is 10.1. The molecule has 22 heavy (non-hydrogen) atoms. The number of nitrogens with one attached hydrogen (secondary N) is 1. The zero-order valence-corrected chi connectivity index (χ0v) is 12.2. The molecule has 5 nitrogen and oxygen atoms in total. The molecule has 0 aromatic heterocycles. The van der Waals surface area contributed by atoms with E-state index in [1.807, 2.05) is 30.3 Å². The van der Waals surface area contributed by atoms with Crippen LogP contribution in [0.1, 0.15) is 15.9 Å². The van der Waals surface area contributed by atoms with Gasteiger partial charge in [-0.1, -0.05) is 30.3 Å². The number of carbonyl (C=O) groups is 2. The molecule has 0 aliphatic carbocycles. The number of fused-ring (bicyclic) bond motifs is 1. The van der Waals surface area contributed by atoms with Crippen molar-refractivity contribution in [2.75, 3.05) is 18.6 Å². The molecule has 0 bridgehead atoms. The smallest absolute Gasteiger partial charge is 0.264 e. The highest BCUT2D eigenvalue weighted by molar-refractivity contribution is 6.00. The summed E-state index contributed by atoms with van der Waals surface area (Å²) in [5, 5.41) is 2.86. The van der Waals surface area contributed by atoms with Gasteiger partial charge < -0.3 is 15.0 Å². The molecule has 0 radical (unpaired) electrons. The molecule has 2 aromatic rings. The minimum atomic E-state index is -0.182. The Balaban J connectivity index is 1.75. The van der Waals surface area contributed by atoms with Crippen LogP contribution in [0, 0.1) is 0 Å². The predicted molar refractivity (Wildman–Crippen MR) is 83.0 cm³/mol. The molecule has 0 saturated heterocycles. The van der Waals surface area contributed by atoms with Crippen LogP contribution in [-0.4, -0.2) is 25.5 Å². The first-order valence-corrected chi connectivity index (χ1v) is 7.00. The van der Waals surface area contributed by atoms with Crippen LogP contribution in [0.4, 0.5) is 5.69 Å². The predicted octanol–water partition coefficient (Wildman–Crippen LogP) is 1.97. The number of nitrogens with zero attached hydrogens (tertiary/aromatic N) is 1. The highest BCUT2D eigenvalue weighted by atomic mass is 16.5. The van der Waals surface area contributed by atoms with Crippen LogP contribution in [0.5, 0.6) is 5.75 Å². The number of amides is 2. The van der Waals surface area contributed by atoms with E-state index in [-0.39, 0.29) is 18.4 Å². The standard InChI is InChI=1S/C17H16N2O3/c1-19-14-9-13(7-8-15(14)22-11-16(19)20)17(21)18-10-12-5-3-2-4-6-12/h2-9H,10-11H2,1H3,(H,18,21). The first-order chi connectivity index (χ1) is 10.6. The topological polar surface area (TPSA) is 58.6 Å². The molecule has 1 N–H and O–H groups in total. The van der Waals surface area contributed by atoms with E-state index in [0.29, 0.717) is 23.5 Å². The van der Waals surface area contributed by atoms with Gasteiger partial charge in [-0.25, -0.2) is 0 Å². The van der Waals surface area contributed by atoms with Crippen molar-refractivity contribution in [1.82, 2.24) is 5.32 Å². The van der Waals surface area contributed by atoms with Crippen LogP contribution < -0.4 is 15.0 Å². The van der Waals surface area contributed by atoms with E-state index in [1.165, 1.54) is 4.90 Å². The maximum absolute atomic E-state index is 12.2. The van der Waals surface area contributed by atoms with Gasteiger partial charge in [0.05, 0.1) is 5.69 Å². The molecule has 1 heterocycles. The molecule has 3 rings (SSSR count). The molecule has 2 aromatic carbocycles. The van der Waals surface area contributed by atoms with Crippen LogP contribution in [0.3, 0.4) is 0 Å². The number of likely N-dealkylation sites (N-methyl/N-ethyl adjacent to an activating group) is 1. The summed E-state index contributed by atoms with van der Waals surface area (Å²) >= 11 is 0. The monoisotopic (exact) mass is 296 g/mol. The number of benzene rings is 2.